The Morgan fingerprint density at radius 2 is 1.75 bits per heavy atom. The minimum Gasteiger partial charge on any atom is -0.325 e. The number of benzene rings is 2. The van der Waals surface area contributed by atoms with Crippen LogP contribution in [0.25, 0.3) is 0 Å². The minimum absolute atomic E-state index is 0.180. The van der Waals surface area contributed by atoms with Gasteiger partial charge in [0.25, 0.3) is 0 Å². The molecule has 2 rings (SSSR count). The summed E-state index contributed by atoms with van der Waals surface area (Å²) in [5.74, 6) is -0.916. The van der Waals surface area contributed by atoms with Crippen molar-refractivity contribution in [2.45, 2.75) is 18.7 Å². The average molecular weight is 350 g/mol. The standard InChI is InChI=1S/C17H19FN2O3S/c1-12-4-5-13(2)16(10-12)24(22,23)20(3)11-17(21)19-15-8-6-14(18)7-9-15/h4-10H,11H2,1-3H3,(H,19,21). The van der Waals surface area contributed by atoms with Gasteiger partial charge < -0.3 is 5.32 Å². The van der Waals surface area contributed by atoms with E-state index in [1.54, 1.807) is 26.0 Å². The molecule has 0 bridgehead atoms. The quantitative estimate of drug-likeness (QED) is 0.902. The zero-order valence-corrected chi connectivity index (χ0v) is 14.5. The van der Waals surface area contributed by atoms with Gasteiger partial charge in [-0.1, -0.05) is 12.1 Å². The minimum atomic E-state index is -3.77. The molecule has 7 heteroatoms. The Hall–Kier alpha value is -2.25. The highest BCUT2D eigenvalue weighted by molar-refractivity contribution is 7.89. The summed E-state index contributed by atoms with van der Waals surface area (Å²) in [6.45, 7) is 3.17. The van der Waals surface area contributed by atoms with E-state index < -0.39 is 21.7 Å². The largest absolute Gasteiger partial charge is 0.325 e. The fourth-order valence-corrected chi connectivity index (χ4v) is 3.61. The highest BCUT2D eigenvalue weighted by Crippen LogP contribution is 2.20. The van der Waals surface area contributed by atoms with Gasteiger partial charge in [-0.05, 0) is 55.3 Å². The van der Waals surface area contributed by atoms with Crippen LogP contribution in [0.5, 0.6) is 0 Å². The van der Waals surface area contributed by atoms with Crippen molar-refractivity contribution < 1.29 is 17.6 Å². The van der Waals surface area contributed by atoms with Crippen LogP contribution in [0.15, 0.2) is 47.4 Å². The van der Waals surface area contributed by atoms with Crippen LogP contribution >= 0.6 is 0 Å². The number of carbonyl (C=O) groups excluding carboxylic acids is 1. The summed E-state index contributed by atoms with van der Waals surface area (Å²) in [6, 6.07) is 10.4. The molecule has 2 aromatic rings. The number of rotatable bonds is 5. The number of nitrogens with one attached hydrogen (secondary N) is 1. The molecule has 0 aliphatic rings. The number of nitrogens with zero attached hydrogens (tertiary/aromatic N) is 1. The van der Waals surface area contributed by atoms with Gasteiger partial charge in [-0.15, -0.1) is 0 Å². The topological polar surface area (TPSA) is 66.5 Å². The number of anilines is 1. The lowest BCUT2D eigenvalue weighted by atomic mass is 10.2. The van der Waals surface area contributed by atoms with Gasteiger partial charge in [-0.2, -0.15) is 4.31 Å². The molecule has 2 aromatic carbocycles. The number of sulfonamides is 1. The van der Waals surface area contributed by atoms with Gasteiger partial charge in [-0.25, -0.2) is 12.8 Å². The molecule has 5 nitrogen and oxygen atoms in total. The average Bonchev–Trinajstić information content (AvgIpc) is 2.51. The molecule has 1 amide bonds. The third-order valence-corrected chi connectivity index (χ3v) is 5.47. The molecule has 0 radical (unpaired) electrons. The Balaban J connectivity index is 2.12. The summed E-state index contributed by atoms with van der Waals surface area (Å²) in [4.78, 5) is 12.2. The molecule has 0 aliphatic heterocycles. The van der Waals surface area contributed by atoms with E-state index >= 15 is 0 Å². The van der Waals surface area contributed by atoms with Gasteiger partial charge in [0.2, 0.25) is 15.9 Å². The Morgan fingerprint density at radius 1 is 1.12 bits per heavy atom. The zero-order chi connectivity index (χ0) is 17.9. The van der Waals surface area contributed by atoms with Crippen molar-refractivity contribution in [2.24, 2.45) is 0 Å². The molecule has 0 aliphatic carbocycles. The van der Waals surface area contributed by atoms with Gasteiger partial charge in [-0.3, -0.25) is 4.79 Å². The third-order valence-electron chi connectivity index (χ3n) is 3.53. The Kier molecular flexibility index (Phi) is 5.36. The van der Waals surface area contributed by atoms with Crippen molar-refractivity contribution in [1.82, 2.24) is 4.31 Å². The fourth-order valence-electron chi connectivity index (χ4n) is 2.17. The molecule has 0 heterocycles. The van der Waals surface area contributed by atoms with Gasteiger partial charge in [0, 0.05) is 12.7 Å². The summed E-state index contributed by atoms with van der Waals surface area (Å²) < 4.78 is 39.1. The van der Waals surface area contributed by atoms with E-state index in [1.165, 1.54) is 31.3 Å². The van der Waals surface area contributed by atoms with E-state index in [0.29, 0.717) is 11.3 Å². The van der Waals surface area contributed by atoms with Gasteiger partial charge in [0.1, 0.15) is 5.82 Å². The zero-order valence-electron chi connectivity index (χ0n) is 13.7. The summed E-state index contributed by atoms with van der Waals surface area (Å²) in [5.41, 5.74) is 1.84. The van der Waals surface area contributed by atoms with E-state index in [1.807, 2.05) is 6.07 Å². The number of amides is 1. The number of aryl methyl sites for hydroxylation is 2. The van der Waals surface area contributed by atoms with Crippen LogP contribution in [0, 0.1) is 19.7 Å². The van der Waals surface area contributed by atoms with Crippen LogP contribution in [0.3, 0.4) is 0 Å². The second-order valence-corrected chi connectivity index (χ2v) is 7.60. The van der Waals surface area contributed by atoms with Crippen molar-refractivity contribution in [3.8, 4) is 0 Å². The monoisotopic (exact) mass is 350 g/mol. The maximum Gasteiger partial charge on any atom is 0.243 e. The molecule has 1 N–H and O–H groups in total. The first kappa shape index (κ1) is 18.1. The molecule has 0 saturated heterocycles. The predicted octanol–water partition coefficient (Wildman–Crippen LogP) is 2.70. The van der Waals surface area contributed by atoms with Gasteiger partial charge in [0.05, 0.1) is 11.4 Å². The lowest BCUT2D eigenvalue weighted by Gasteiger charge is -2.18. The SMILES string of the molecule is Cc1ccc(C)c(S(=O)(=O)N(C)CC(=O)Nc2ccc(F)cc2)c1. The molecule has 0 unspecified atom stereocenters. The van der Waals surface area contributed by atoms with E-state index in [9.17, 15) is 17.6 Å². The van der Waals surface area contributed by atoms with Crippen LogP contribution in [-0.4, -0.2) is 32.2 Å². The molecule has 128 valence electrons. The fraction of sp³-hybridized carbons (Fsp3) is 0.235. The van der Waals surface area contributed by atoms with Crippen LogP contribution < -0.4 is 5.32 Å². The molecule has 0 aromatic heterocycles. The summed E-state index contributed by atoms with van der Waals surface area (Å²) in [6.07, 6.45) is 0. The van der Waals surface area contributed by atoms with Crippen LogP contribution in [-0.2, 0) is 14.8 Å². The normalized spacial score (nSPS) is 11.5. The number of halogens is 1. The number of hydrogen-bond donors (Lipinski definition) is 1. The summed E-state index contributed by atoms with van der Waals surface area (Å²) in [5, 5.41) is 2.54. The Morgan fingerprint density at radius 3 is 2.38 bits per heavy atom. The van der Waals surface area contributed by atoms with Gasteiger partial charge in [0.15, 0.2) is 0 Å². The molecular formula is C17H19FN2O3S. The molecule has 0 atom stereocenters. The highest BCUT2D eigenvalue weighted by atomic mass is 32.2. The number of likely N-dealkylation sites (N-methyl/N-ethyl adjacent to an activating group) is 1. The van der Waals surface area contributed by atoms with E-state index in [-0.39, 0.29) is 11.4 Å². The molecule has 0 saturated carbocycles. The van der Waals surface area contributed by atoms with Crippen molar-refractivity contribution in [1.29, 1.82) is 0 Å². The predicted molar refractivity (Wildman–Crippen MR) is 90.8 cm³/mol. The van der Waals surface area contributed by atoms with Crippen molar-refractivity contribution in [3.05, 3.63) is 59.4 Å². The highest BCUT2D eigenvalue weighted by Gasteiger charge is 2.24. The third kappa shape index (κ3) is 4.18. The maximum atomic E-state index is 12.8. The first-order chi connectivity index (χ1) is 11.2. The van der Waals surface area contributed by atoms with Crippen molar-refractivity contribution in [3.63, 3.8) is 0 Å². The van der Waals surface area contributed by atoms with E-state index in [4.69, 9.17) is 0 Å². The summed E-state index contributed by atoms with van der Waals surface area (Å²) >= 11 is 0. The first-order valence-corrected chi connectivity index (χ1v) is 8.73. The van der Waals surface area contributed by atoms with Crippen LogP contribution in [0.1, 0.15) is 11.1 Å². The van der Waals surface area contributed by atoms with E-state index in [2.05, 4.69) is 5.32 Å². The Bertz CT molecular complexity index is 849. The van der Waals surface area contributed by atoms with Gasteiger partial charge >= 0.3 is 0 Å². The van der Waals surface area contributed by atoms with Crippen LogP contribution in [0.2, 0.25) is 0 Å². The lowest BCUT2D eigenvalue weighted by Crippen LogP contribution is -2.35. The molecular weight excluding hydrogens is 331 g/mol. The second-order valence-electron chi connectivity index (χ2n) is 5.59. The van der Waals surface area contributed by atoms with Crippen LogP contribution in [0.4, 0.5) is 10.1 Å². The molecule has 0 fully saturated rings. The van der Waals surface area contributed by atoms with Crippen molar-refractivity contribution in [2.75, 3.05) is 18.9 Å². The number of hydrogen-bond acceptors (Lipinski definition) is 3. The smallest absolute Gasteiger partial charge is 0.243 e. The number of carbonyl (C=O) groups is 1. The van der Waals surface area contributed by atoms with E-state index in [0.717, 1.165) is 9.87 Å². The second kappa shape index (κ2) is 7.11. The molecule has 24 heavy (non-hydrogen) atoms. The first-order valence-electron chi connectivity index (χ1n) is 7.29. The lowest BCUT2D eigenvalue weighted by molar-refractivity contribution is -0.116. The Labute approximate surface area is 141 Å². The van der Waals surface area contributed by atoms with Crippen molar-refractivity contribution >= 4 is 21.6 Å². The molecule has 0 spiro atoms. The maximum absolute atomic E-state index is 12.8. The summed E-state index contributed by atoms with van der Waals surface area (Å²) in [7, 11) is -2.43.